The summed E-state index contributed by atoms with van der Waals surface area (Å²) >= 11 is 0. The zero-order valence-electron chi connectivity index (χ0n) is 19.9. The van der Waals surface area contributed by atoms with Crippen LogP contribution in [0.2, 0.25) is 58.9 Å². The third kappa shape index (κ3) is 3.27. The van der Waals surface area contributed by atoms with Crippen LogP contribution in [0, 0.1) is 0 Å². The zero-order chi connectivity index (χ0) is 20.5. The van der Waals surface area contributed by atoms with Gasteiger partial charge in [0.1, 0.15) is 5.84 Å². The molecule has 0 spiro atoms. The van der Waals surface area contributed by atoms with E-state index in [9.17, 15) is 1.37 Å². The predicted molar refractivity (Wildman–Crippen MR) is 130 cm³/mol. The van der Waals surface area contributed by atoms with Crippen molar-refractivity contribution in [3.63, 3.8) is 0 Å². The van der Waals surface area contributed by atoms with Gasteiger partial charge in [-0.15, -0.1) is 0 Å². The molecule has 0 bridgehead atoms. The molecule has 2 nitrogen and oxygen atoms in total. The Balaban J connectivity index is 2.18. The van der Waals surface area contributed by atoms with Crippen molar-refractivity contribution in [2.24, 2.45) is 4.99 Å². The lowest BCUT2D eigenvalue weighted by Crippen LogP contribution is -2.61. The molecule has 3 rings (SSSR count). The molecule has 0 saturated carbocycles. The minimum absolute atomic E-state index is 0.106. The Morgan fingerprint density at radius 1 is 0.962 bits per heavy atom. The quantitative estimate of drug-likeness (QED) is 0.404. The Kier molecular flexibility index (Phi) is 5.20. The summed E-state index contributed by atoms with van der Waals surface area (Å²) in [5.74, 6) is 1.46. The van der Waals surface area contributed by atoms with Crippen molar-refractivity contribution < 1.29 is 1.37 Å². The molecule has 2 fully saturated rings. The molecule has 0 aromatic rings. The largest absolute Gasteiger partial charge is 0.360 e. The van der Waals surface area contributed by atoms with E-state index in [2.05, 4.69) is 63.8 Å². The second-order valence-electron chi connectivity index (χ2n) is 11.8. The van der Waals surface area contributed by atoms with Crippen molar-refractivity contribution in [2.45, 2.75) is 99.9 Å². The zero-order valence-corrected chi connectivity index (χ0v) is 22.8. The summed E-state index contributed by atoms with van der Waals surface area (Å²) in [6.07, 6.45) is 5.20. The van der Waals surface area contributed by atoms with Crippen LogP contribution in [-0.2, 0) is 0 Å². The lowest BCUT2D eigenvalue weighted by molar-refractivity contribution is 0.391. The van der Waals surface area contributed by atoms with E-state index in [1.807, 2.05) is 0 Å². The lowest BCUT2D eigenvalue weighted by Gasteiger charge is -2.43. The molecule has 150 valence electrons. The van der Waals surface area contributed by atoms with E-state index >= 15 is 0 Å². The Morgan fingerprint density at radius 3 is 2.04 bits per heavy atom. The normalized spacial score (nSPS) is 36.0. The summed E-state index contributed by atoms with van der Waals surface area (Å²) in [5, 5.41) is -0.106. The van der Waals surface area contributed by atoms with Gasteiger partial charge in [0.05, 0.1) is 24.2 Å². The van der Waals surface area contributed by atoms with Gasteiger partial charge in [-0.05, 0) is 28.9 Å². The van der Waals surface area contributed by atoms with Crippen molar-refractivity contribution >= 4 is 38.0 Å². The average Bonchev–Trinajstić information content (AvgIpc) is 3.15. The topological polar surface area (TPSA) is 15.6 Å². The van der Waals surface area contributed by atoms with Gasteiger partial charge in [0.25, 0.3) is 0 Å². The summed E-state index contributed by atoms with van der Waals surface area (Å²) in [7, 11) is -4.96. The fourth-order valence-corrected chi connectivity index (χ4v) is 40.3. The Labute approximate surface area is 168 Å². The van der Waals surface area contributed by atoms with E-state index in [4.69, 9.17) is 4.99 Å². The summed E-state index contributed by atoms with van der Waals surface area (Å²) in [5.41, 5.74) is 0.616. The molecule has 0 radical (unpaired) electrons. The number of fused-ring (bicyclic) bond motifs is 1. The highest BCUT2D eigenvalue weighted by molar-refractivity contribution is 7.81. The highest BCUT2D eigenvalue weighted by Crippen LogP contribution is 2.85. The molecule has 0 aromatic heterocycles. The molecule has 3 aliphatic heterocycles. The minimum atomic E-state index is -1.63. The number of aliphatic imine (C=N–C) groups is 1. The highest BCUT2D eigenvalue weighted by Gasteiger charge is 2.79. The van der Waals surface area contributed by atoms with E-state index in [0.717, 1.165) is 6.54 Å². The summed E-state index contributed by atoms with van der Waals surface area (Å²) in [6, 6.07) is 0. The van der Waals surface area contributed by atoms with Gasteiger partial charge in [-0.3, -0.25) is 4.99 Å². The van der Waals surface area contributed by atoms with Gasteiger partial charge in [0, 0.05) is 26.7 Å². The van der Waals surface area contributed by atoms with Gasteiger partial charge in [0.2, 0.25) is 0 Å². The lowest BCUT2D eigenvalue weighted by atomic mass is 10.2. The van der Waals surface area contributed by atoms with Crippen LogP contribution in [0.5, 0.6) is 0 Å². The van der Waals surface area contributed by atoms with Crippen molar-refractivity contribution in [1.29, 1.82) is 0 Å². The fourth-order valence-electron chi connectivity index (χ4n) is 6.34. The van der Waals surface area contributed by atoms with E-state index in [-0.39, 0.29) is 13.2 Å². The molecule has 3 atom stereocenters. The third-order valence-corrected chi connectivity index (χ3v) is 29.9. The smallest absolute Gasteiger partial charge is 0.106 e. The molecule has 3 heterocycles. The van der Waals surface area contributed by atoms with Crippen molar-refractivity contribution in [3.8, 4) is 0 Å². The molecule has 2 saturated heterocycles. The first-order valence-electron chi connectivity index (χ1n) is 11.3. The van der Waals surface area contributed by atoms with Crippen LogP contribution in [0.25, 0.3) is 0 Å². The van der Waals surface area contributed by atoms with Gasteiger partial charge in [0.15, 0.2) is 0 Å². The van der Waals surface area contributed by atoms with Crippen LogP contribution >= 0.6 is 7.92 Å². The van der Waals surface area contributed by atoms with Crippen molar-refractivity contribution in [2.75, 3.05) is 19.6 Å². The minimum Gasteiger partial charge on any atom is -0.360 e. The average molecular weight is 428 g/mol. The summed E-state index contributed by atoms with van der Waals surface area (Å²) in [4.78, 5) is 7.80. The molecule has 2 unspecified atom stereocenters. The van der Waals surface area contributed by atoms with Gasteiger partial charge in [-0.25, -0.2) is 0 Å². The number of amidine groups is 1. The highest BCUT2D eigenvalue weighted by atomic mass is 31.1. The number of hydrogen-bond acceptors (Lipinski definition) is 2. The maximum Gasteiger partial charge on any atom is 0.106 e. The second kappa shape index (κ2) is 6.81. The van der Waals surface area contributed by atoms with Gasteiger partial charge < -0.3 is 4.90 Å². The number of hydrogen-bond donors (Lipinski definition) is 0. The van der Waals surface area contributed by atoms with E-state index in [1.165, 1.54) is 44.6 Å². The second-order valence-corrected chi connectivity index (χ2v) is 31.5. The first-order valence-corrected chi connectivity index (χ1v) is 22.7. The van der Waals surface area contributed by atoms with Crippen LogP contribution in [-0.4, -0.2) is 69.9 Å². The molecule has 0 aromatic carbocycles. The molecule has 3 aliphatic rings. The van der Waals surface area contributed by atoms with Crippen molar-refractivity contribution in [3.05, 3.63) is 0 Å². The fraction of sp³-hybridized carbons (Fsp3) is 0.950. The SMILES string of the molecule is [2H]C1([Si](C)(C)C)[P@@](C2CCCCN3CCCN=C23)C1([Si](C)(C)C)[Si](C)(C)C. The maximum atomic E-state index is 10.2. The van der Waals surface area contributed by atoms with E-state index in [0.29, 0.717) is 10.1 Å². The number of rotatable bonds is 4. The molecule has 0 N–H and O–H groups in total. The van der Waals surface area contributed by atoms with Gasteiger partial charge in [-0.2, -0.15) is 0 Å². The first-order chi connectivity index (χ1) is 12.2. The monoisotopic (exact) mass is 427 g/mol. The summed E-state index contributed by atoms with van der Waals surface area (Å²) in [6.45, 7) is 26.6. The van der Waals surface area contributed by atoms with Crippen molar-refractivity contribution in [1.82, 2.24) is 4.90 Å². The van der Waals surface area contributed by atoms with Crippen LogP contribution in [0.1, 0.15) is 27.1 Å². The number of nitrogens with zero attached hydrogens (tertiary/aromatic N) is 2. The Morgan fingerprint density at radius 2 is 1.54 bits per heavy atom. The Bertz CT molecular complexity index is 606. The maximum absolute atomic E-state index is 10.2. The summed E-state index contributed by atoms with van der Waals surface area (Å²) < 4.78 is 10.6. The standard InChI is InChI=1S/C20H43N2PSi3/c1-24(2,3)19-20(25(4,5)6,26(7,8)9)23(19)17-13-10-11-15-22-16-12-14-21-18(17)22/h17,19H,10-16H2,1-9H3/t17?,19?,23-/m1/s1/i19D. The predicted octanol–water partition coefficient (Wildman–Crippen LogP) is 5.88. The molecular formula is C20H43N2PSi3. The van der Waals surface area contributed by atoms with Crippen LogP contribution in [0.15, 0.2) is 4.99 Å². The van der Waals surface area contributed by atoms with Crippen LogP contribution < -0.4 is 0 Å². The van der Waals surface area contributed by atoms with Gasteiger partial charge >= 0.3 is 0 Å². The molecule has 6 heteroatoms. The van der Waals surface area contributed by atoms with E-state index < -0.39 is 24.2 Å². The molecular weight excluding hydrogens is 383 g/mol. The third-order valence-electron chi connectivity index (χ3n) is 6.73. The van der Waals surface area contributed by atoms with Crippen LogP contribution in [0.4, 0.5) is 0 Å². The first kappa shape index (κ1) is 19.8. The molecule has 26 heavy (non-hydrogen) atoms. The Hall–Kier alpha value is 0.551. The molecule has 0 aliphatic carbocycles. The van der Waals surface area contributed by atoms with E-state index in [1.54, 1.807) is 0 Å². The molecule has 0 amide bonds. The van der Waals surface area contributed by atoms with Gasteiger partial charge in [-0.1, -0.05) is 73.3 Å². The van der Waals surface area contributed by atoms with Crippen LogP contribution in [0.3, 0.4) is 0 Å².